The molecular formula is C17H17N3O2. The minimum Gasteiger partial charge on any atom is -0.355 e. The maximum absolute atomic E-state index is 11.7. The molecular weight excluding hydrogens is 278 g/mol. The van der Waals surface area contributed by atoms with E-state index in [-0.39, 0.29) is 11.8 Å². The molecule has 2 rings (SSSR count). The fourth-order valence-electron chi connectivity index (χ4n) is 1.80. The molecule has 0 aliphatic heterocycles. The number of rotatable bonds is 5. The summed E-state index contributed by atoms with van der Waals surface area (Å²) in [5, 5.41) is 5.31. The maximum Gasteiger partial charge on any atom is 0.251 e. The normalized spacial score (nSPS) is 10.4. The number of pyridine rings is 1. The highest BCUT2D eigenvalue weighted by molar-refractivity contribution is 5.94. The molecule has 0 spiro atoms. The number of nitrogens with zero attached hydrogens (tertiary/aromatic N) is 1. The standard InChI is InChI=1S/C17H17N3O2/c1-18-17(22)14-8-5-13(6-9-14)7-10-16(21)20-12-15-4-2-3-11-19-15/h2-11H,12H2,1H3,(H,18,22)(H,20,21)/b10-7+. The van der Waals surface area contributed by atoms with E-state index in [0.29, 0.717) is 12.1 Å². The number of benzene rings is 1. The molecule has 5 heteroatoms. The van der Waals surface area contributed by atoms with Gasteiger partial charge in [0.25, 0.3) is 5.91 Å². The van der Waals surface area contributed by atoms with Crippen LogP contribution in [0.5, 0.6) is 0 Å². The number of hydrogen-bond donors (Lipinski definition) is 2. The van der Waals surface area contributed by atoms with Gasteiger partial charge in [-0.15, -0.1) is 0 Å². The lowest BCUT2D eigenvalue weighted by Gasteiger charge is -2.01. The molecule has 5 nitrogen and oxygen atoms in total. The van der Waals surface area contributed by atoms with Crippen molar-refractivity contribution in [3.63, 3.8) is 0 Å². The van der Waals surface area contributed by atoms with Gasteiger partial charge in [0.05, 0.1) is 12.2 Å². The van der Waals surface area contributed by atoms with Crippen molar-refractivity contribution in [3.05, 3.63) is 71.6 Å². The third-order valence-electron chi connectivity index (χ3n) is 3.00. The second kappa shape index (κ2) is 7.73. The minimum atomic E-state index is -0.193. The lowest BCUT2D eigenvalue weighted by molar-refractivity contribution is -0.116. The van der Waals surface area contributed by atoms with Gasteiger partial charge in [-0.25, -0.2) is 0 Å². The predicted molar refractivity (Wildman–Crippen MR) is 84.9 cm³/mol. The molecule has 0 saturated heterocycles. The first kappa shape index (κ1) is 15.4. The number of carbonyl (C=O) groups excluding carboxylic acids is 2. The average molecular weight is 295 g/mol. The van der Waals surface area contributed by atoms with Crippen molar-refractivity contribution < 1.29 is 9.59 Å². The molecule has 22 heavy (non-hydrogen) atoms. The lowest BCUT2D eigenvalue weighted by atomic mass is 10.1. The van der Waals surface area contributed by atoms with E-state index in [9.17, 15) is 9.59 Å². The smallest absolute Gasteiger partial charge is 0.251 e. The molecule has 0 aliphatic rings. The fraction of sp³-hybridized carbons (Fsp3) is 0.118. The van der Waals surface area contributed by atoms with Crippen LogP contribution < -0.4 is 10.6 Å². The first-order valence-electron chi connectivity index (χ1n) is 6.87. The summed E-state index contributed by atoms with van der Waals surface area (Å²) in [6.45, 7) is 0.389. The number of nitrogens with one attached hydrogen (secondary N) is 2. The van der Waals surface area contributed by atoms with Crippen molar-refractivity contribution in [1.82, 2.24) is 15.6 Å². The number of amides is 2. The summed E-state index contributed by atoms with van der Waals surface area (Å²) in [5.74, 6) is -0.329. The van der Waals surface area contributed by atoms with Gasteiger partial charge in [0.15, 0.2) is 0 Å². The summed E-state index contributed by atoms with van der Waals surface area (Å²) in [6.07, 6.45) is 4.84. The first-order chi connectivity index (χ1) is 10.7. The van der Waals surface area contributed by atoms with E-state index in [1.165, 1.54) is 6.08 Å². The highest BCUT2D eigenvalue weighted by Crippen LogP contribution is 2.06. The molecule has 0 atom stereocenters. The molecule has 0 bridgehead atoms. The van der Waals surface area contributed by atoms with Gasteiger partial charge < -0.3 is 10.6 Å². The van der Waals surface area contributed by atoms with E-state index in [4.69, 9.17) is 0 Å². The topological polar surface area (TPSA) is 71.1 Å². The van der Waals surface area contributed by atoms with Gasteiger partial charge in [0, 0.05) is 24.9 Å². The van der Waals surface area contributed by atoms with Gasteiger partial charge in [-0.2, -0.15) is 0 Å². The van der Waals surface area contributed by atoms with E-state index in [1.54, 1.807) is 43.6 Å². The van der Waals surface area contributed by atoms with E-state index in [0.717, 1.165) is 11.3 Å². The van der Waals surface area contributed by atoms with Crippen LogP contribution in [0.25, 0.3) is 6.08 Å². The lowest BCUT2D eigenvalue weighted by Crippen LogP contribution is -2.20. The van der Waals surface area contributed by atoms with Crippen LogP contribution in [0.15, 0.2) is 54.7 Å². The Morgan fingerprint density at radius 2 is 1.91 bits per heavy atom. The van der Waals surface area contributed by atoms with Crippen molar-refractivity contribution in [3.8, 4) is 0 Å². The Morgan fingerprint density at radius 3 is 2.55 bits per heavy atom. The Balaban J connectivity index is 1.88. The summed E-state index contributed by atoms with van der Waals surface area (Å²) in [6, 6.07) is 12.5. The Labute approximate surface area is 129 Å². The third kappa shape index (κ3) is 4.56. The zero-order valence-electron chi connectivity index (χ0n) is 12.2. The molecule has 0 radical (unpaired) electrons. The van der Waals surface area contributed by atoms with Crippen LogP contribution in [-0.4, -0.2) is 23.8 Å². The van der Waals surface area contributed by atoms with Crippen LogP contribution in [-0.2, 0) is 11.3 Å². The Morgan fingerprint density at radius 1 is 1.14 bits per heavy atom. The minimum absolute atomic E-state index is 0.136. The van der Waals surface area contributed by atoms with Crippen molar-refractivity contribution >= 4 is 17.9 Å². The first-order valence-corrected chi connectivity index (χ1v) is 6.87. The van der Waals surface area contributed by atoms with E-state index in [2.05, 4.69) is 15.6 Å². The summed E-state index contributed by atoms with van der Waals surface area (Å²) in [7, 11) is 1.59. The zero-order chi connectivity index (χ0) is 15.8. The van der Waals surface area contributed by atoms with Gasteiger partial charge in [-0.05, 0) is 35.9 Å². The molecule has 1 heterocycles. The molecule has 0 aliphatic carbocycles. The molecule has 0 fully saturated rings. The molecule has 1 aromatic heterocycles. The van der Waals surface area contributed by atoms with Crippen LogP contribution in [0.1, 0.15) is 21.6 Å². The molecule has 0 unspecified atom stereocenters. The molecule has 2 amide bonds. The quantitative estimate of drug-likeness (QED) is 0.826. The van der Waals surface area contributed by atoms with E-state index in [1.807, 2.05) is 18.2 Å². The van der Waals surface area contributed by atoms with Gasteiger partial charge in [-0.1, -0.05) is 18.2 Å². The number of aromatic nitrogens is 1. The maximum atomic E-state index is 11.7. The van der Waals surface area contributed by atoms with Crippen LogP contribution in [0.4, 0.5) is 0 Å². The number of carbonyl (C=O) groups is 2. The van der Waals surface area contributed by atoms with Gasteiger partial charge in [0.1, 0.15) is 0 Å². The third-order valence-corrected chi connectivity index (χ3v) is 3.00. The Kier molecular flexibility index (Phi) is 5.43. The van der Waals surface area contributed by atoms with Gasteiger partial charge in [0.2, 0.25) is 5.91 Å². The second-order valence-electron chi connectivity index (χ2n) is 4.57. The van der Waals surface area contributed by atoms with Crippen molar-refractivity contribution in [1.29, 1.82) is 0 Å². The van der Waals surface area contributed by atoms with Crippen molar-refractivity contribution in [2.24, 2.45) is 0 Å². The highest BCUT2D eigenvalue weighted by Gasteiger charge is 2.01. The second-order valence-corrected chi connectivity index (χ2v) is 4.57. The van der Waals surface area contributed by atoms with Crippen molar-refractivity contribution in [2.45, 2.75) is 6.54 Å². The van der Waals surface area contributed by atoms with Crippen LogP contribution >= 0.6 is 0 Å². The molecule has 2 aromatic rings. The molecule has 1 aromatic carbocycles. The Bertz CT molecular complexity index is 664. The summed E-state index contributed by atoms with van der Waals surface area (Å²) >= 11 is 0. The highest BCUT2D eigenvalue weighted by atomic mass is 16.2. The summed E-state index contributed by atoms with van der Waals surface area (Å²) in [4.78, 5) is 27.3. The van der Waals surface area contributed by atoms with Crippen LogP contribution in [0, 0.1) is 0 Å². The van der Waals surface area contributed by atoms with E-state index >= 15 is 0 Å². The largest absolute Gasteiger partial charge is 0.355 e. The van der Waals surface area contributed by atoms with Crippen molar-refractivity contribution in [2.75, 3.05) is 7.05 Å². The van der Waals surface area contributed by atoms with Gasteiger partial charge in [-0.3, -0.25) is 14.6 Å². The van der Waals surface area contributed by atoms with E-state index < -0.39 is 0 Å². The fourth-order valence-corrected chi connectivity index (χ4v) is 1.80. The summed E-state index contributed by atoms with van der Waals surface area (Å²) < 4.78 is 0. The zero-order valence-corrected chi connectivity index (χ0v) is 12.2. The van der Waals surface area contributed by atoms with Crippen LogP contribution in [0.2, 0.25) is 0 Å². The SMILES string of the molecule is CNC(=O)c1ccc(/C=C/C(=O)NCc2ccccn2)cc1. The average Bonchev–Trinajstić information content (AvgIpc) is 2.58. The number of hydrogen-bond acceptors (Lipinski definition) is 3. The molecule has 2 N–H and O–H groups in total. The Hall–Kier alpha value is -2.95. The molecule has 0 saturated carbocycles. The summed E-state index contributed by atoms with van der Waals surface area (Å²) in [5.41, 5.74) is 2.24. The predicted octanol–water partition coefficient (Wildman–Crippen LogP) is 1.77. The van der Waals surface area contributed by atoms with Crippen LogP contribution in [0.3, 0.4) is 0 Å². The monoisotopic (exact) mass is 295 g/mol. The van der Waals surface area contributed by atoms with Gasteiger partial charge >= 0.3 is 0 Å². The molecule has 112 valence electrons.